The van der Waals surface area contributed by atoms with Crippen molar-refractivity contribution in [3.63, 3.8) is 0 Å². The molecule has 0 atom stereocenters. The van der Waals surface area contributed by atoms with Crippen molar-refractivity contribution >= 4 is 5.69 Å². The molecule has 1 aromatic carbocycles. The standard InChI is InChI=1S/C7H9N.Cu.2N3/c1-6-4-2-3-5-7(6)8;;2*1-3-2/h2-5H,8H2,1H3;;;/q;+2;2*-1. The second-order valence-electron chi connectivity index (χ2n) is 2.22. The van der Waals surface area contributed by atoms with Crippen molar-refractivity contribution in [2.45, 2.75) is 6.92 Å². The second-order valence-corrected chi connectivity index (χ2v) is 2.78. The molecule has 0 amide bonds. The first-order valence-electron chi connectivity index (χ1n) is 3.69. The summed E-state index contributed by atoms with van der Waals surface area (Å²) < 4.78 is 5.66. The maximum absolute atomic E-state index is 7.54. The number of azide groups is 1. The van der Waals surface area contributed by atoms with Gasteiger partial charge in [0.1, 0.15) is 0 Å². The average Bonchev–Trinajstić information content (AvgIpc) is 2.24. The molecule has 0 aromatic heterocycles. The Morgan fingerprint density at radius 1 is 1.20 bits per heavy atom. The molecule has 15 heavy (non-hydrogen) atoms. The number of hydrogen-bond donors (Lipinski definition) is 1. The van der Waals surface area contributed by atoms with Crippen LogP contribution in [0.3, 0.4) is 0 Å². The van der Waals surface area contributed by atoms with Crippen LogP contribution in [0.2, 0.25) is 0 Å². The van der Waals surface area contributed by atoms with Crippen LogP contribution in [0.15, 0.2) is 32.5 Å². The fourth-order valence-electron chi connectivity index (χ4n) is 0.623. The van der Waals surface area contributed by atoms with Gasteiger partial charge in [-0.2, -0.15) is 0 Å². The van der Waals surface area contributed by atoms with Gasteiger partial charge in [0.15, 0.2) is 0 Å². The molecule has 7 nitrogen and oxygen atoms in total. The van der Waals surface area contributed by atoms with E-state index in [9.17, 15) is 0 Å². The van der Waals surface area contributed by atoms with E-state index in [1.165, 1.54) is 0 Å². The summed E-state index contributed by atoms with van der Waals surface area (Å²) >= 11 is 0.547. The summed E-state index contributed by atoms with van der Waals surface area (Å²) in [5, 5.41) is 0. The summed E-state index contributed by atoms with van der Waals surface area (Å²) in [5.74, 6) is 0. The molecule has 0 fully saturated rings. The van der Waals surface area contributed by atoms with Crippen LogP contribution in [0.1, 0.15) is 5.56 Å². The van der Waals surface area contributed by atoms with Crippen molar-refractivity contribution in [1.29, 1.82) is 0 Å². The Balaban J connectivity index is 0.000000265. The van der Waals surface area contributed by atoms with Crippen molar-refractivity contribution in [2.24, 2.45) is 8.26 Å². The van der Waals surface area contributed by atoms with Gasteiger partial charge < -0.3 is 5.73 Å². The molecule has 0 heterocycles. The molecule has 1 aromatic rings. The first kappa shape index (κ1) is 13.2. The third kappa shape index (κ3) is 7.25. The molecule has 0 aliphatic rings. The zero-order valence-corrected chi connectivity index (χ0v) is 8.81. The van der Waals surface area contributed by atoms with E-state index in [4.69, 9.17) is 16.8 Å². The zero-order valence-electron chi connectivity index (χ0n) is 7.87. The van der Waals surface area contributed by atoms with E-state index in [1.54, 1.807) is 0 Å². The van der Waals surface area contributed by atoms with Gasteiger partial charge in [-0.05, 0) is 18.6 Å². The third-order valence-electron chi connectivity index (χ3n) is 1.30. The number of nitrogens with zero attached hydrogens (tertiary/aromatic N) is 6. The number of benzene rings is 1. The second kappa shape index (κ2) is 8.74. The summed E-state index contributed by atoms with van der Waals surface area (Å²) in [7, 11) is 0. The van der Waals surface area contributed by atoms with Crippen LogP contribution in [0.5, 0.6) is 0 Å². The molecule has 0 saturated heterocycles. The Bertz CT molecular complexity index is 355. The molecule has 0 bridgehead atoms. The fraction of sp³-hybridized carbons (Fsp3) is 0.143. The van der Waals surface area contributed by atoms with Crippen LogP contribution >= 0.6 is 0 Å². The van der Waals surface area contributed by atoms with Gasteiger partial charge in [-0.25, -0.2) is 0 Å². The van der Waals surface area contributed by atoms with Gasteiger partial charge in [0.2, 0.25) is 0 Å². The molecule has 83 valence electrons. The van der Waals surface area contributed by atoms with Gasteiger partial charge in [0.05, 0.1) is 0 Å². The van der Waals surface area contributed by atoms with Gasteiger partial charge in [0, 0.05) is 5.69 Å². The Morgan fingerprint density at radius 3 is 2.07 bits per heavy atom. The SMILES string of the molecule is Cc1ccccc1N.[N-]=[N+]=[N][Cu][N]=[N+]=[N-]. The Hall–Kier alpha value is -1.84. The van der Waals surface area contributed by atoms with Crippen molar-refractivity contribution in [2.75, 3.05) is 5.73 Å². The normalized spacial score (nSPS) is 7.80. The van der Waals surface area contributed by atoms with Crippen LogP contribution < -0.4 is 5.73 Å². The molecule has 0 radical (unpaired) electrons. The summed E-state index contributed by atoms with van der Waals surface area (Å²) in [5.41, 5.74) is 22.6. The molecule has 1 rings (SSSR count). The van der Waals surface area contributed by atoms with Gasteiger partial charge in [-0.3, -0.25) is 0 Å². The van der Waals surface area contributed by atoms with Gasteiger partial charge in [-0.15, -0.1) is 0 Å². The molecular formula is C7H9CuN7. The van der Waals surface area contributed by atoms with Gasteiger partial charge in [0.25, 0.3) is 0 Å². The van der Waals surface area contributed by atoms with Crippen molar-refractivity contribution < 1.29 is 15.4 Å². The number of nitrogens with two attached hydrogens (primary N) is 1. The van der Waals surface area contributed by atoms with Crippen LogP contribution in [-0.2, 0) is 15.4 Å². The maximum atomic E-state index is 7.54. The van der Waals surface area contributed by atoms with E-state index < -0.39 is 0 Å². The first-order valence-corrected chi connectivity index (χ1v) is 4.53. The summed E-state index contributed by atoms with van der Waals surface area (Å²) in [6.45, 7) is 2.00. The quantitative estimate of drug-likeness (QED) is 0.281. The zero-order chi connectivity index (χ0) is 11.5. The molecule has 8 heteroatoms. The molecule has 0 unspecified atom stereocenters. The van der Waals surface area contributed by atoms with E-state index in [1.807, 2.05) is 31.2 Å². The fourth-order valence-corrected chi connectivity index (χ4v) is 0.736. The summed E-state index contributed by atoms with van der Waals surface area (Å²) in [6.07, 6.45) is 0. The minimum absolute atomic E-state index is 0.547. The topological polar surface area (TPSA) is 124 Å². The average molecular weight is 255 g/mol. The molecule has 2 N–H and O–H groups in total. The number of aryl methyl sites for hydroxylation is 1. The molecule has 0 aliphatic carbocycles. The van der Waals surface area contributed by atoms with Crippen molar-refractivity contribution in [1.82, 2.24) is 0 Å². The van der Waals surface area contributed by atoms with Gasteiger partial charge in [-0.1, -0.05) is 18.2 Å². The van der Waals surface area contributed by atoms with Crippen molar-refractivity contribution in [3.8, 4) is 0 Å². The van der Waals surface area contributed by atoms with E-state index in [0.717, 1.165) is 11.3 Å². The molecular weight excluding hydrogens is 246 g/mol. The van der Waals surface area contributed by atoms with Crippen LogP contribution in [-0.4, -0.2) is 0 Å². The first-order chi connectivity index (χ1) is 7.22. The molecule has 0 saturated carbocycles. The van der Waals surface area contributed by atoms with Crippen LogP contribution in [0, 0.1) is 6.92 Å². The molecule has 0 spiro atoms. The Morgan fingerprint density at radius 2 is 1.73 bits per heavy atom. The van der Waals surface area contributed by atoms with E-state index >= 15 is 0 Å². The number of para-hydroxylation sites is 1. The van der Waals surface area contributed by atoms with E-state index in [2.05, 4.69) is 18.1 Å². The molecule has 0 aliphatic heterocycles. The number of hydrogen-bond acceptors (Lipinski definition) is 3. The predicted octanol–water partition coefficient (Wildman–Crippen LogP) is 3.10. The number of rotatable bonds is 2. The van der Waals surface area contributed by atoms with E-state index in [-0.39, 0.29) is 0 Å². The summed E-state index contributed by atoms with van der Waals surface area (Å²) in [4.78, 5) is 4.58. The van der Waals surface area contributed by atoms with Crippen molar-refractivity contribution in [3.05, 3.63) is 50.7 Å². The van der Waals surface area contributed by atoms with E-state index in [0.29, 0.717) is 15.4 Å². The number of anilines is 1. The van der Waals surface area contributed by atoms with Crippen LogP contribution in [0.25, 0.3) is 20.9 Å². The summed E-state index contributed by atoms with van der Waals surface area (Å²) in [6, 6.07) is 7.80. The monoisotopic (exact) mass is 254 g/mol. The van der Waals surface area contributed by atoms with Gasteiger partial charge >= 0.3 is 44.5 Å². The Kier molecular flexibility index (Phi) is 7.67. The Labute approximate surface area is 93.1 Å². The van der Waals surface area contributed by atoms with Crippen LogP contribution in [0.4, 0.5) is 5.69 Å². The predicted molar refractivity (Wildman–Crippen MR) is 53.9 cm³/mol. The minimum atomic E-state index is 0.547. The number of nitrogen functional groups attached to an aromatic ring is 1. The third-order valence-corrected chi connectivity index (χ3v) is 1.63.